The molecule has 23 heavy (non-hydrogen) atoms. The normalized spacial score (nSPS) is 10.4. The summed E-state index contributed by atoms with van der Waals surface area (Å²) in [5.74, 6) is 0.563. The summed E-state index contributed by atoms with van der Waals surface area (Å²) in [4.78, 5) is 22.9. The van der Waals surface area contributed by atoms with E-state index < -0.39 is 0 Å². The first-order chi connectivity index (χ1) is 11.1. The zero-order valence-electron chi connectivity index (χ0n) is 13.4. The molecule has 1 heterocycles. The Balaban J connectivity index is 2.14. The van der Waals surface area contributed by atoms with Crippen molar-refractivity contribution in [3.8, 4) is 0 Å². The first-order valence-electron chi connectivity index (χ1n) is 7.78. The summed E-state index contributed by atoms with van der Waals surface area (Å²) >= 11 is 3.37. The summed E-state index contributed by atoms with van der Waals surface area (Å²) in [6, 6.07) is 9.19. The largest absolute Gasteiger partial charge is 0.357 e. The molecule has 0 aliphatic rings. The van der Waals surface area contributed by atoms with E-state index in [0.717, 1.165) is 41.9 Å². The highest BCUT2D eigenvalue weighted by Crippen LogP contribution is 2.16. The Morgan fingerprint density at radius 1 is 1.13 bits per heavy atom. The van der Waals surface area contributed by atoms with Crippen LogP contribution < -0.4 is 10.2 Å². The number of benzene rings is 1. The number of aromatic nitrogens is 2. The van der Waals surface area contributed by atoms with Crippen LogP contribution in [0.4, 0.5) is 11.5 Å². The van der Waals surface area contributed by atoms with Crippen molar-refractivity contribution in [2.75, 3.05) is 23.3 Å². The number of hydrogen-bond donors (Lipinski definition) is 1. The Kier molecular flexibility index (Phi) is 6.52. The van der Waals surface area contributed by atoms with Crippen LogP contribution in [-0.4, -0.2) is 29.0 Å². The Hall–Kier alpha value is -1.95. The molecule has 1 aromatic carbocycles. The van der Waals surface area contributed by atoms with Crippen LogP contribution in [-0.2, 0) is 0 Å². The molecule has 0 aliphatic carbocycles. The Morgan fingerprint density at radius 2 is 1.78 bits per heavy atom. The number of rotatable bonds is 7. The molecule has 0 fully saturated rings. The summed E-state index contributed by atoms with van der Waals surface area (Å²) in [6.07, 6.45) is 3.51. The van der Waals surface area contributed by atoms with Crippen LogP contribution >= 0.6 is 15.9 Å². The molecule has 0 unspecified atom stereocenters. The van der Waals surface area contributed by atoms with Gasteiger partial charge in [-0.05, 0) is 37.1 Å². The maximum atomic E-state index is 12.4. The van der Waals surface area contributed by atoms with Crippen molar-refractivity contribution >= 4 is 33.3 Å². The van der Waals surface area contributed by atoms with Gasteiger partial charge in [0.25, 0.3) is 5.91 Å². The van der Waals surface area contributed by atoms with Crippen molar-refractivity contribution in [3.63, 3.8) is 0 Å². The fraction of sp³-hybridized carbons (Fsp3) is 0.353. The third kappa shape index (κ3) is 5.03. The van der Waals surface area contributed by atoms with Crippen molar-refractivity contribution in [2.45, 2.75) is 26.7 Å². The number of carbonyl (C=O) groups is 1. The predicted molar refractivity (Wildman–Crippen MR) is 96.9 cm³/mol. The fourth-order valence-corrected chi connectivity index (χ4v) is 2.52. The van der Waals surface area contributed by atoms with Gasteiger partial charge < -0.3 is 10.2 Å². The second kappa shape index (κ2) is 8.62. The lowest BCUT2D eigenvalue weighted by Crippen LogP contribution is -2.26. The number of nitrogens with one attached hydrogen (secondary N) is 1. The Labute approximate surface area is 145 Å². The average molecular weight is 377 g/mol. The summed E-state index contributed by atoms with van der Waals surface area (Å²) in [7, 11) is 0. The van der Waals surface area contributed by atoms with Gasteiger partial charge in [0.05, 0.1) is 0 Å². The first-order valence-corrected chi connectivity index (χ1v) is 8.57. The highest BCUT2D eigenvalue weighted by atomic mass is 79.9. The average Bonchev–Trinajstić information content (AvgIpc) is 2.57. The van der Waals surface area contributed by atoms with E-state index in [0.29, 0.717) is 5.69 Å². The molecule has 5 nitrogen and oxygen atoms in total. The molecule has 1 aromatic heterocycles. The molecule has 2 aromatic rings. The van der Waals surface area contributed by atoms with E-state index in [-0.39, 0.29) is 5.91 Å². The van der Waals surface area contributed by atoms with Crippen LogP contribution in [0.25, 0.3) is 0 Å². The molecule has 0 radical (unpaired) electrons. The summed E-state index contributed by atoms with van der Waals surface area (Å²) in [6.45, 7) is 6.09. The summed E-state index contributed by atoms with van der Waals surface area (Å²) in [5, 5.41) is 2.85. The van der Waals surface area contributed by atoms with Gasteiger partial charge in [-0.15, -0.1) is 0 Å². The van der Waals surface area contributed by atoms with Crippen LogP contribution in [0.5, 0.6) is 0 Å². The zero-order chi connectivity index (χ0) is 16.7. The van der Waals surface area contributed by atoms with Crippen molar-refractivity contribution < 1.29 is 4.79 Å². The smallest absolute Gasteiger partial charge is 0.274 e. The molecule has 0 aliphatic heterocycles. The number of halogens is 1. The maximum absolute atomic E-state index is 12.4. The van der Waals surface area contributed by atoms with Crippen molar-refractivity contribution in [1.29, 1.82) is 0 Å². The second-order valence-electron chi connectivity index (χ2n) is 5.21. The topological polar surface area (TPSA) is 58.1 Å². The fourth-order valence-electron chi connectivity index (χ4n) is 2.25. The van der Waals surface area contributed by atoms with E-state index in [2.05, 4.69) is 50.0 Å². The van der Waals surface area contributed by atoms with Crippen LogP contribution in [0.15, 0.2) is 41.1 Å². The van der Waals surface area contributed by atoms with Crippen LogP contribution in [0, 0.1) is 0 Å². The molecule has 1 amide bonds. The SMILES string of the molecule is CCCN(CCC)c1cc(C(=O)Nc2ccc(Br)cc2)ncn1. The Bertz CT molecular complexity index is 639. The van der Waals surface area contributed by atoms with Gasteiger partial charge in [0.1, 0.15) is 17.8 Å². The van der Waals surface area contributed by atoms with Gasteiger partial charge in [-0.1, -0.05) is 29.8 Å². The van der Waals surface area contributed by atoms with E-state index in [4.69, 9.17) is 0 Å². The number of amides is 1. The first kappa shape index (κ1) is 17.4. The minimum Gasteiger partial charge on any atom is -0.357 e. The summed E-state index contributed by atoms with van der Waals surface area (Å²) in [5.41, 5.74) is 1.10. The van der Waals surface area contributed by atoms with E-state index in [9.17, 15) is 4.79 Å². The molecule has 0 atom stereocenters. The Morgan fingerprint density at radius 3 is 2.39 bits per heavy atom. The van der Waals surface area contributed by atoms with Crippen molar-refractivity contribution in [3.05, 3.63) is 46.8 Å². The molecule has 122 valence electrons. The monoisotopic (exact) mass is 376 g/mol. The summed E-state index contributed by atoms with van der Waals surface area (Å²) < 4.78 is 0.967. The van der Waals surface area contributed by atoms with E-state index in [1.165, 1.54) is 6.33 Å². The van der Waals surface area contributed by atoms with Crippen molar-refractivity contribution in [2.24, 2.45) is 0 Å². The van der Waals surface area contributed by atoms with Crippen LogP contribution in [0.1, 0.15) is 37.2 Å². The quantitative estimate of drug-likeness (QED) is 0.789. The van der Waals surface area contributed by atoms with Crippen LogP contribution in [0.3, 0.4) is 0 Å². The highest BCUT2D eigenvalue weighted by Gasteiger charge is 2.12. The van der Waals surface area contributed by atoms with Gasteiger partial charge in [-0.2, -0.15) is 0 Å². The lowest BCUT2D eigenvalue weighted by atomic mass is 10.3. The molecule has 0 bridgehead atoms. The van der Waals surface area contributed by atoms with Crippen LogP contribution in [0.2, 0.25) is 0 Å². The molecule has 0 spiro atoms. The van der Waals surface area contributed by atoms with Crippen molar-refractivity contribution in [1.82, 2.24) is 9.97 Å². The standard InChI is InChI=1S/C17H21BrN4O/c1-3-9-22(10-4-2)16-11-15(19-12-20-16)17(23)21-14-7-5-13(18)6-8-14/h5-8,11-12H,3-4,9-10H2,1-2H3,(H,21,23). The maximum Gasteiger partial charge on any atom is 0.274 e. The predicted octanol–water partition coefficient (Wildman–Crippen LogP) is 4.12. The highest BCUT2D eigenvalue weighted by molar-refractivity contribution is 9.10. The molecule has 2 rings (SSSR count). The van der Waals surface area contributed by atoms with E-state index in [1.807, 2.05) is 24.3 Å². The second-order valence-corrected chi connectivity index (χ2v) is 6.13. The van der Waals surface area contributed by atoms with Gasteiger partial charge in [0.15, 0.2) is 0 Å². The van der Waals surface area contributed by atoms with E-state index in [1.54, 1.807) is 6.07 Å². The lowest BCUT2D eigenvalue weighted by Gasteiger charge is -2.22. The minimum atomic E-state index is -0.232. The van der Waals surface area contributed by atoms with E-state index >= 15 is 0 Å². The molecule has 0 saturated carbocycles. The van der Waals surface area contributed by atoms with Gasteiger partial charge in [-0.3, -0.25) is 4.79 Å². The molecule has 0 saturated heterocycles. The molecule has 1 N–H and O–H groups in total. The number of carbonyl (C=O) groups excluding carboxylic acids is 1. The van der Waals surface area contributed by atoms with Gasteiger partial charge >= 0.3 is 0 Å². The molecular weight excluding hydrogens is 356 g/mol. The van der Waals surface area contributed by atoms with Gasteiger partial charge in [0.2, 0.25) is 0 Å². The minimum absolute atomic E-state index is 0.232. The van der Waals surface area contributed by atoms with Gasteiger partial charge in [-0.25, -0.2) is 9.97 Å². The molecular formula is C17H21BrN4O. The lowest BCUT2D eigenvalue weighted by molar-refractivity contribution is 0.102. The zero-order valence-corrected chi connectivity index (χ0v) is 15.0. The third-order valence-corrected chi connectivity index (χ3v) is 3.83. The number of anilines is 2. The third-order valence-electron chi connectivity index (χ3n) is 3.30. The molecule has 6 heteroatoms. The number of nitrogens with zero attached hydrogens (tertiary/aromatic N) is 3. The van der Waals surface area contributed by atoms with Gasteiger partial charge in [0, 0.05) is 29.3 Å². The number of hydrogen-bond acceptors (Lipinski definition) is 4.